The number of para-hydroxylation sites is 3. The molecule has 248 valence electrons. The molecule has 0 spiro atoms. The summed E-state index contributed by atoms with van der Waals surface area (Å²) in [6, 6.07) is 47.3. The zero-order valence-electron chi connectivity index (χ0n) is 29.2. The molecular weight excluding hydrogens is 597 g/mol. The Kier molecular flexibility index (Phi) is 7.26. The van der Waals surface area contributed by atoms with Crippen molar-refractivity contribution in [1.29, 1.82) is 0 Å². The summed E-state index contributed by atoms with van der Waals surface area (Å²) in [5.74, 6) is 0. The molecule has 2 aliphatic heterocycles. The number of rotatable bonds is 6. The van der Waals surface area contributed by atoms with Crippen LogP contribution in [0.4, 0.5) is 34.1 Å². The maximum absolute atomic E-state index is 3.92. The molecule has 2 heterocycles. The number of anilines is 6. The molecule has 2 bridgehead atoms. The lowest BCUT2D eigenvalue weighted by Crippen LogP contribution is -2.57. The number of benzene rings is 5. The van der Waals surface area contributed by atoms with E-state index in [0.29, 0.717) is 17.0 Å². The Bertz CT molecular complexity index is 1920. The molecule has 1 atom stereocenters. The van der Waals surface area contributed by atoms with Crippen LogP contribution < -0.4 is 15.1 Å². The first-order valence-electron chi connectivity index (χ1n) is 18.4. The maximum Gasteiger partial charge on any atom is 0.0652 e. The normalized spacial score (nSPS) is 25.5. The van der Waals surface area contributed by atoms with Crippen LogP contribution in [0.2, 0.25) is 0 Å². The van der Waals surface area contributed by atoms with Crippen molar-refractivity contribution in [2.24, 2.45) is 5.41 Å². The highest BCUT2D eigenvalue weighted by Gasteiger charge is 2.58. The lowest BCUT2D eigenvalue weighted by Gasteiger charge is -2.45. The molecule has 3 fully saturated rings. The van der Waals surface area contributed by atoms with E-state index in [1.165, 1.54) is 84.5 Å². The topological polar surface area (TPSA) is 21.8 Å². The fourth-order valence-corrected chi connectivity index (χ4v) is 10.2. The smallest absolute Gasteiger partial charge is 0.0652 e. The minimum atomic E-state index is -0.173. The van der Waals surface area contributed by atoms with Crippen LogP contribution in [0.25, 0.3) is 0 Å². The van der Waals surface area contributed by atoms with Gasteiger partial charge in [0.25, 0.3) is 0 Å². The monoisotopic (exact) mass is 644 g/mol. The highest BCUT2D eigenvalue weighted by Crippen LogP contribution is 2.64. The fraction of sp³-hybridized carbons (Fsp3) is 0.333. The molecule has 1 saturated heterocycles. The van der Waals surface area contributed by atoms with Gasteiger partial charge in [0.05, 0.1) is 17.5 Å². The third kappa shape index (κ3) is 4.87. The molecule has 4 heteroatoms. The molecular formula is C45H48N4. The van der Waals surface area contributed by atoms with Crippen molar-refractivity contribution in [1.82, 2.24) is 10.2 Å². The fourth-order valence-electron chi connectivity index (χ4n) is 10.2. The van der Waals surface area contributed by atoms with Gasteiger partial charge in [-0.05, 0) is 140 Å². The third-order valence-corrected chi connectivity index (χ3v) is 12.7. The number of nitrogens with one attached hydrogen (secondary N) is 1. The number of hydrogen-bond acceptors (Lipinski definition) is 4. The minimum Gasteiger partial charge on any atom is -0.310 e. The van der Waals surface area contributed by atoms with Gasteiger partial charge in [-0.15, -0.1) is 0 Å². The Hall–Kier alpha value is -4.38. The Balaban J connectivity index is 1.10. The van der Waals surface area contributed by atoms with Crippen LogP contribution in [0.15, 0.2) is 127 Å². The number of hydrogen-bond donors (Lipinski definition) is 1. The Morgan fingerprint density at radius 3 is 1.96 bits per heavy atom. The van der Waals surface area contributed by atoms with Crippen LogP contribution in [0, 0.1) is 5.41 Å². The highest BCUT2D eigenvalue weighted by atomic mass is 15.3. The van der Waals surface area contributed by atoms with E-state index in [9.17, 15) is 0 Å². The van der Waals surface area contributed by atoms with Crippen LogP contribution in [0.3, 0.4) is 0 Å². The summed E-state index contributed by atoms with van der Waals surface area (Å²) in [7, 11) is 2.33. The summed E-state index contributed by atoms with van der Waals surface area (Å²) in [6.07, 6.45) is 8.39. The van der Waals surface area contributed by atoms with Gasteiger partial charge in [-0.1, -0.05) is 80.6 Å². The quantitative estimate of drug-likeness (QED) is 0.199. The maximum atomic E-state index is 3.92. The van der Waals surface area contributed by atoms with E-state index in [0.717, 1.165) is 17.9 Å². The molecule has 5 aromatic rings. The molecule has 0 radical (unpaired) electrons. The second-order valence-corrected chi connectivity index (χ2v) is 15.7. The van der Waals surface area contributed by atoms with Gasteiger partial charge in [0.2, 0.25) is 0 Å². The van der Waals surface area contributed by atoms with Crippen molar-refractivity contribution in [3.8, 4) is 0 Å². The first-order valence-corrected chi connectivity index (χ1v) is 18.4. The summed E-state index contributed by atoms with van der Waals surface area (Å²) in [4.78, 5) is 7.48. The largest absolute Gasteiger partial charge is 0.310 e. The van der Waals surface area contributed by atoms with Gasteiger partial charge in [-0.25, -0.2) is 0 Å². The molecule has 9 rings (SSSR count). The van der Waals surface area contributed by atoms with Gasteiger partial charge < -0.3 is 15.1 Å². The lowest BCUT2D eigenvalue weighted by atomic mass is 9.73. The molecule has 1 unspecified atom stereocenters. The van der Waals surface area contributed by atoms with Crippen LogP contribution in [-0.2, 0) is 10.8 Å². The molecule has 4 aliphatic rings. The zero-order valence-corrected chi connectivity index (χ0v) is 29.2. The van der Waals surface area contributed by atoms with Crippen molar-refractivity contribution in [2.75, 3.05) is 29.9 Å². The van der Waals surface area contributed by atoms with Crippen LogP contribution >= 0.6 is 0 Å². The summed E-state index contributed by atoms with van der Waals surface area (Å²) in [5.41, 5.74) is 12.0. The first-order chi connectivity index (χ1) is 23.9. The van der Waals surface area contributed by atoms with E-state index in [-0.39, 0.29) is 5.41 Å². The number of fused-ring (bicyclic) bond motifs is 4. The van der Waals surface area contributed by atoms with E-state index in [1.54, 1.807) is 0 Å². The van der Waals surface area contributed by atoms with Gasteiger partial charge in [-0.2, -0.15) is 0 Å². The summed E-state index contributed by atoms with van der Waals surface area (Å²) in [5, 5.41) is 3.92. The van der Waals surface area contributed by atoms with Crippen molar-refractivity contribution in [2.45, 2.75) is 69.4 Å². The van der Waals surface area contributed by atoms with Crippen molar-refractivity contribution in [3.05, 3.63) is 144 Å². The predicted octanol–water partition coefficient (Wildman–Crippen LogP) is 10.7. The van der Waals surface area contributed by atoms with Crippen LogP contribution in [0.5, 0.6) is 0 Å². The van der Waals surface area contributed by atoms with Gasteiger partial charge in [-0.3, -0.25) is 4.90 Å². The van der Waals surface area contributed by atoms with Crippen LogP contribution in [0.1, 0.15) is 69.1 Å². The second kappa shape index (κ2) is 11.6. The average molecular weight is 645 g/mol. The van der Waals surface area contributed by atoms with Gasteiger partial charge in [0.15, 0.2) is 0 Å². The van der Waals surface area contributed by atoms with Crippen molar-refractivity contribution < 1.29 is 0 Å². The zero-order chi connectivity index (χ0) is 33.2. The standard InChI is InChI=1S/C45H48N4/c1-43(2)38-17-10-11-18-40(38)49(41-24-23-37(31-39(41)43)48(34-13-6-4-7-14-34)35-15-8-5-9-16-35)36-21-19-33(20-22-36)44-25-27-45(32-44,28-26-44)42-46-29-12-30-47(42)3/h4-11,13-24,31,42,46H,12,25-30,32H2,1-3H3. The number of nitrogens with zero attached hydrogens (tertiary/aromatic N) is 3. The van der Waals surface area contributed by atoms with Gasteiger partial charge in [0, 0.05) is 34.7 Å². The molecule has 49 heavy (non-hydrogen) atoms. The summed E-state index contributed by atoms with van der Waals surface area (Å²) in [6.45, 7) is 7.14. The first kappa shape index (κ1) is 30.7. The SMILES string of the molecule is CN1CCCNC1C12CCC(c3ccc(N4c5ccccc5C(C)(C)c5cc(N(c6ccccc6)c6ccccc6)ccc54)cc3)(CC1)C2. The molecule has 2 aliphatic carbocycles. The summed E-state index contributed by atoms with van der Waals surface area (Å²) < 4.78 is 0. The van der Waals surface area contributed by atoms with E-state index >= 15 is 0 Å². The van der Waals surface area contributed by atoms with E-state index in [2.05, 4.69) is 168 Å². The Morgan fingerprint density at radius 1 is 0.653 bits per heavy atom. The molecule has 0 amide bonds. The van der Waals surface area contributed by atoms with E-state index in [1.807, 2.05) is 0 Å². The van der Waals surface area contributed by atoms with E-state index in [4.69, 9.17) is 0 Å². The van der Waals surface area contributed by atoms with Crippen molar-refractivity contribution in [3.63, 3.8) is 0 Å². The molecule has 1 N–H and O–H groups in total. The Morgan fingerprint density at radius 2 is 1.29 bits per heavy atom. The van der Waals surface area contributed by atoms with Gasteiger partial charge in [0.1, 0.15) is 0 Å². The predicted molar refractivity (Wildman–Crippen MR) is 204 cm³/mol. The summed E-state index contributed by atoms with van der Waals surface area (Å²) >= 11 is 0. The molecule has 0 aromatic heterocycles. The average Bonchev–Trinajstić information content (AvgIpc) is 3.73. The van der Waals surface area contributed by atoms with Crippen molar-refractivity contribution >= 4 is 34.1 Å². The lowest BCUT2D eigenvalue weighted by molar-refractivity contribution is 0.0400. The second-order valence-electron chi connectivity index (χ2n) is 15.7. The molecule has 4 nitrogen and oxygen atoms in total. The van der Waals surface area contributed by atoms with Crippen LogP contribution in [-0.4, -0.2) is 31.2 Å². The highest BCUT2D eigenvalue weighted by molar-refractivity contribution is 5.88. The van der Waals surface area contributed by atoms with E-state index < -0.39 is 0 Å². The molecule has 2 saturated carbocycles. The Labute approximate surface area is 292 Å². The van der Waals surface area contributed by atoms with Gasteiger partial charge >= 0.3 is 0 Å². The molecule has 5 aromatic carbocycles. The third-order valence-electron chi connectivity index (χ3n) is 12.7. The minimum absolute atomic E-state index is 0.173.